The number of hydrogen-bond acceptors (Lipinski definition) is 5. The quantitative estimate of drug-likeness (QED) is 0.464. The average molecular weight is 484 g/mol. The third-order valence-electron chi connectivity index (χ3n) is 6.66. The molecule has 3 heterocycles. The van der Waals surface area contributed by atoms with Crippen molar-refractivity contribution >= 4 is 40.3 Å². The number of aliphatic hydroxyl groups is 1. The maximum atomic E-state index is 13.2. The number of piperidine rings is 1. The molecular formula is C25H30ClN5O3. The smallest absolute Gasteiger partial charge is 0.254 e. The number of carbonyl (C=O) groups is 1. The van der Waals surface area contributed by atoms with E-state index in [2.05, 4.69) is 29.7 Å². The summed E-state index contributed by atoms with van der Waals surface area (Å²) in [5.74, 6) is 1.28. The van der Waals surface area contributed by atoms with Crippen molar-refractivity contribution in [1.82, 2.24) is 19.0 Å². The third-order valence-corrected chi connectivity index (χ3v) is 6.66. The van der Waals surface area contributed by atoms with Gasteiger partial charge in [0.2, 0.25) is 0 Å². The fourth-order valence-corrected chi connectivity index (χ4v) is 4.89. The molecule has 0 unspecified atom stereocenters. The van der Waals surface area contributed by atoms with Gasteiger partial charge in [0, 0.05) is 49.2 Å². The van der Waals surface area contributed by atoms with Gasteiger partial charge in [-0.05, 0) is 37.6 Å². The topological polar surface area (TPSA) is 98.5 Å². The van der Waals surface area contributed by atoms with Gasteiger partial charge in [0.05, 0.1) is 24.4 Å². The highest BCUT2D eigenvalue weighted by Crippen LogP contribution is 2.34. The van der Waals surface area contributed by atoms with E-state index in [1.807, 2.05) is 29.8 Å². The van der Waals surface area contributed by atoms with E-state index in [0.29, 0.717) is 36.3 Å². The lowest BCUT2D eigenvalue weighted by Gasteiger charge is -2.34. The Labute approximate surface area is 204 Å². The number of nitrogens with two attached hydrogens (primary N) is 1. The summed E-state index contributed by atoms with van der Waals surface area (Å²) in [7, 11) is 3.57. The van der Waals surface area contributed by atoms with E-state index in [1.165, 1.54) is 0 Å². The van der Waals surface area contributed by atoms with Crippen molar-refractivity contribution in [3.05, 3.63) is 48.0 Å². The molecule has 34 heavy (non-hydrogen) atoms. The average Bonchev–Trinajstić information content (AvgIpc) is 3.36. The summed E-state index contributed by atoms with van der Waals surface area (Å²) < 4.78 is 9.96. The molecule has 0 spiro atoms. The molecule has 1 fully saturated rings. The summed E-state index contributed by atoms with van der Waals surface area (Å²) in [5.41, 5.74) is 10.2. The molecule has 2 aromatic carbocycles. The molecule has 2 atom stereocenters. The van der Waals surface area contributed by atoms with E-state index >= 15 is 0 Å². The fraction of sp³-hybridized carbons (Fsp3) is 0.360. The van der Waals surface area contributed by atoms with E-state index in [9.17, 15) is 9.90 Å². The lowest BCUT2D eigenvalue weighted by atomic mass is 10.0. The Hall–Kier alpha value is -3.07. The number of aromatic nitrogens is 3. The molecule has 0 bridgehead atoms. The van der Waals surface area contributed by atoms with Gasteiger partial charge in [0.25, 0.3) is 5.91 Å². The molecule has 4 aromatic rings. The van der Waals surface area contributed by atoms with Crippen LogP contribution >= 0.6 is 12.4 Å². The fourth-order valence-electron chi connectivity index (χ4n) is 4.89. The molecule has 3 N–H and O–H groups in total. The Morgan fingerprint density at radius 3 is 2.74 bits per heavy atom. The molecular weight excluding hydrogens is 454 g/mol. The van der Waals surface area contributed by atoms with Crippen LogP contribution < -0.4 is 10.5 Å². The SMILES string of the molecule is CCn1c(-c2nc3cc(C(=O)N4CC[C@@H](O)[C@@H](N)C4)cc(OC)c3n2C)cc2ccccc21.Cl. The van der Waals surface area contributed by atoms with Crippen LogP contribution in [0.2, 0.25) is 0 Å². The minimum atomic E-state index is -0.574. The highest BCUT2D eigenvalue weighted by Gasteiger charge is 2.29. The number of rotatable bonds is 4. The van der Waals surface area contributed by atoms with Crippen LogP contribution in [0.5, 0.6) is 5.75 Å². The molecule has 8 nitrogen and oxygen atoms in total. The predicted octanol–water partition coefficient (Wildman–Crippen LogP) is 3.18. The van der Waals surface area contributed by atoms with Gasteiger partial charge in [0.15, 0.2) is 5.82 Å². The molecule has 5 rings (SSSR count). The summed E-state index contributed by atoms with van der Waals surface area (Å²) in [6, 6.07) is 13.6. The highest BCUT2D eigenvalue weighted by atomic mass is 35.5. The van der Waals surface area contributed by atoms with Gasteiger partial charge >= 0.3 is 0 Å². The first-order valence-electron chi connectivity index (χ1n) is 11.3. The number of methoxy groups -OCH3 is 1. The molecule has 1 amide bonds. The number of benzene rings is 2. The second-order valence-electron chi connectivity index (χ2n) is 8.64. The van der Waals surface area contributed by atoms with E-state index in [0.717, 1.165) is 34.5 Å². The number of para-hydroxylation sites is 1. The minimum absolute atomic E-state index is 0. The number of likely N-dealkylation sites (tertiary alicyclic amines) is 1. The van der Waals surface area contributed by atoms with Crippen molar-refractivity contribution in [3.8, 4) is 17.3 Å². The highest BCUT2D eigenvalue weighted by molar-refractivity contribution is 6.00. The molecule has 9 heteroatoms. The number of aliphatic hydroxyl groups excluding tert-OH is 1. The van der Waals surface area contributed by atoms with Gasteiger partial charge in [-0.1, -0.05) is 18.2 Å². The summed E-state index contributed by atoms with van der Waals surface area (Å²) in [6.07, 6.45) is -0.101. The Balaban J connectivity index is 0.00000274. The van der Waals surface area contributed by atoms with Gasteiger partial charge in [-0.2, -0.15) is 0 Å². The van der Waals surface area contributed by atoms with E-state index < -0.39 is 12.1 Å². The molecule has 180 valence electrons. The zero-order chi connectivity index (χ0) is 23.3. The lowest BCUT2D eigenvalue weighted by Crippen LogP contribution is -2.53. The number of aryl methyl sites for hydroxylation is 2. The Morgan fingerprint density at radius 1 is 1.26 bits per heavy atom. The molecule has 1 aliphatic heterocycles. The van der Waals surface area contributed by atoms with Gasteiger partial charge < -0.3 is 29.6 Å². The normalized spacial score (nSPS) is 18.3. The van der Waals surface area contributed by atoms with Crippen molar-refractivity contribution in [2.24, 2.45) is 12.8 Å². The standard InChI is InChI=1S/C25H29N5O3.ClH/c1-4-30-19-8-6-5-7-15(19)12-20(30)24-27-18-11-16(13-22(33-3)23(18)28(24)2)25(32)29-10-9-21(31)17(26)14-29;/h5-8,11-13,17,21,31H,4,9-10,14,26H2,1-3H3;1H/t17-,21+;/m0./s1. The van der Waals surface area contributed by atoms with Crippen LogP contribution in [-0.2, 0) is 13.6 Å². The second kappa shape index (κ2) is 9.29. The van der Waals surface area contributed by atoms with Crippen LogP contribution in [0.1, 0.15) is 23.7 Å². The van der Waals surface area contributed by atoms with E-state index in [4.69, 9.17) is 15.5 Å². The maximum absolute atomic E-state index is 13.2. The molecule has 0 saturated carbocycles. The van der Waals surface area contributed by atoms with Crippen LogP contribution in [0.25, 0.3) is 33.5 Å². The summed E-state index contributed by atoms with van der Waals surface area (Å²) in [4.78, 5) is 19.9. The first-order chi connectivity index (χ1) is 15.9. The second-order valence-corrected chi connectivity index (χ2v) is 8.64. The van der Waals surface area contributed by atoms with Gasteiger partial charge in [-0.3, -0.25) is 4.79 Å². The molecule has 2 aromatic heterocycles. The zero-order valence-corrected chi connectivity index (χ0v) is 20.4. The van der Waals surface area contributed by atoms with Gasteiger partial charge in [-0.25, -0.2) is 4.98 Å². The number of nitrogens with zero attached hydrogens (tertiary/aromatic N) is 4. The zero-order valence-electron chi connectivity index (χ0n) is 19.6. The Morgan fingerprint density at radius 2 is 2.03 bits per heavy atom. The van der Waals surface area contributed by atoms with Crippen molar-refractivity contribution < 1.29 is 14.6 Å². The molecule has 1 saturated heterocycles. The number of imidazole rings is 1. The Kier molecular flexibility index (Phi) is 6.58. The summed E-state index contributed by atoms with van der Waals surface area (Å²) in [5, 5.41) is 11.1. The summed E-state index contributed by atoms with van der Waals surface area (Å²) >= 11 is 0. The number of carbonyl (C=O) groups excluding carboxylic acids is 1. The minimum Gasteiger partial charge on any atom is -0.494 e. The van der Waals surface area contributed by atoms with E-state index in [-0.39, 0.29) is 18.3 Å². The van der Waals surface area contributed by atoms with Crippen LogP contribution in [0.3, 0.4) is 0 Å². The molecule has 0 radical (unpaired) electrons. The van der Waals surface area contributed by atoms with E-state index in [1.54, 1.807) is 18.1 Å². The van der Waals surface area contributed by atoms with Crippen LogP contribution in [0.4, 0.5) is 0 Å². The van der Waals surface area contributed by atoms with Gasteiger partial charge in [0.1, 0.15) is 11.3 Å². The largest absolute Gasteiger partial charge is 0.494 e. The number of halogens is 1. The predicted molar refractivity (Wildman–Crippen MR) is 136 cm³/mol. The first kappa shape index (κ1) is 24.1. The number of fused-ring (bicyclic) bond motifs is 2. The number of ether oxygens (including phenoxy) is 1. The maximum Gasteiger partial charge on any atom is 0.254 e. The monoisotopic (exact) mass is 483 g/mol. The third kappa shape index (κ3) is 3.81. The first-order valence-corrected chi connectivity index (χ1v) is 11.3. The van der Waals surface area contributed by atoms with Crippen LogP contribution in [-0.4, -0.2) is 62.4 Å². The van der Waals surface area contributed by atoms with Crippen molar-refractivity contribution in [3.63, 3.8) is 0 Å². The number of amides is 1. The van der Waals surface area contributed by atoms with Crippen molar-refractivity contribution in [1.29, 1.82) is 0 Å². The van der Waals surface area contributed by atoms with Crippen molar-refractivity contribution in [2.45, 2.75) is 32.0 Å². The number of hydrogen-bond donors (Lipinski definition) is 2. The van der Waals surface area contributed by atoms with Crippen molar-refractivity contribution in [2.75, 3.05) is 20.2 Å². The van der Waals surface area contributed by atoms with Crippen LogP contribution in [0, 0.1) is 0 Å². The van der Waals surface area contributed by atoms with Gasteiger partial charge in [-0.15, -0.1) is 12.4 Å². The lowest BCUT2D eigenvalue weighted by molar-refractivity contribution is 0.0459. The van der Waals surface area contributed by atoms with Crippen LogP contribution in [0.15, 0.2) is 42.5 Å². The Bertz CT molecular complexity index is 1360. The molecule has 1 aliphatic rings. The summed E-state index contributed by atoms with van der Waals surface area (Å²) in [6.45, 7) is 3.73. The molecule has 0 aliphatic carbocycles.